The second kappa shape index (κ2) is 6.55. The highest BCUT2D eigenvalue weighted by Crippen LogP contribution is 2.48. The Labute approximate surface area is 166 Å². The average molecular weight is 400 g/mol. The first-order valence-corrected chi connectivity index (χ1v) is 9.09. The summed E-state index contributed by atoms with van der Waals surface area (Å²) in [6.45, 7) is 1.78. The number of hydrogen-bond donors (Lipinski definition) is 1. The van der Waals surface area contributed by atoms with Gasteiger partial charge in [0.2, 0.25) is 0 Å². The molecule has 0 aromatic heterocycles. The van der Waals surface area contributed by atoms with Gasteiger partial charge >= 0.3 is 5.97 Å². The maximum Gasteiger partial charge on any atom is 0.336 e. The Morgan fingerprint density at radius 1 is 1.07 bits per heavy atom. The van der Waals surface area contributed by atoms with E-state index in [1.165, 1.54) is 7.11 Å². The summed E-state index contributed by atoms with van der Waals surface area (Å²) in [5.41, 5.74) is 4.14. The topological polar surface area (TPSA) is 55.4 Å². The van der Waals surface area contributed by atoms with Crippen molar-refractivity contribution >= 4 is 40.7 Å². The smallest absolute Gasteiger partial charge is 0.336 e. The van der Waals surface area contributed by atoms with Crippen molar-refractivity contribution < 1.29 is 14.3 Å². The van der Waals surface area contributed by atoms with E-state index in [0.29, 0.717) is 43.7 Å². The van der Waals surface area contributed by atoms with E-state index in [1.54, 1.807) is 31.2 Å². The number of nitrogens with one attached hydrogen (secondary N) is 1. The first-order chi connectivity index (χ1) is 13.0. The number of ether oxygens (including phenoxy) is 1. The number of rotatable bonds is 2. The van der Waals surface area contributed by atoms with Crippen LogP contribution >= 0.6 is 23.2 Å². The fraction of sp³-hybridized carbons (Fsp3) is 0.143. The molecule has 2 aromatic carbocycles. The second-order valence-corrected chi connectivity index (χ2v) is 7.18. The van der Waals surface area contributed by atoms with Gasteiger partial charge in [0.05, 0.1) is 34.3 Å². The van der Waals surface area contributed by atoms with Crippen LogP contribution in [0, 0.1) is 0 Å². The van der Waals surface area contributed by atoms with Crippen LogP contribution in [0.2, 0.25) is 10.0 Å². The molecule has 27 heavy (non-hydrogen) atoms. The average Bonchev–Trinajstić information content (AvgIpc) is 2.95. The lowest BCUT2D eigenvalue weighted by atomic mass is 9.80. The van der Waals surface area contributed by atoms with E-state index in [2.05, 4.69) is 5.32 Å². The summed E-state index contributed by atoms with van der Waals surface area (Å²) >= 11 is 12.7. The third-order valence-corrected chi connectivity index (χ3v) is 5.78. The van der Waals surface area contributed by atoms with Crippen LogP contribution in [0.1, 0.15) is 34.3 Å². The highest BCUT2D eigenvalue weighted by molar-refractivity contribution is 6.42. The zero-order valence-electron chi connectivity index (χ0n) is 14.6. The van der Waals surface area contributed by atoms with E-state index in [1.807, 2.05) is 18.2 Å². The van der Waals surface area contributed by atoms with Crippen molar-refractivity contribution in [2.45, 2.75) is 12.8 Å². The summed E-state index contributed by atoms with van der Waals surface area (Å²) in [4.78, 5) is 25.8. The molecule has 1 aliphatic heterocycles. The molecule has 6 heteroatoms. The van der Waals surface area contributed by atoms with E-state index in [-0.39, 0.29) is 5.78 Å². The molecule has 0 spiro atoms. The maximum absolute atomic E-state index is 13.2. The van der Waals surface area contributed by atoms with Crippen LogP contribution in [0.5, 0.6) is 0 Å². The lowest BCUT2D eigenvalue weighted by Gasteiger charge is -2.29. The molecular weight excluding hydrogens is 385 g/mol. The summed E-state index contributed by atoms with van der Waals surface area (Å²) in [5, 5.41) is 3.90. The van der Waals surface area contributed by atoms with Crippen molar-refractivity contribution in [3.8, 4) is 0 Å². The minimum Gasteiger partial charge on any atom is -0.466 e. The monoisotopic (exact) mass is 399 g/mol. The molecule has 4 rings (SSSR count). The van der Waals surface area contributed by atoms with Crippen molar-refractivity contribution in [1.82, 2.24) is 5.32 Å². The van der Waals surface area contributed by atoms with Crippen molar-refractivity contribution in [2.75, 3.05) is 7.11 Å². The number of methoxy groups -OCH3 is 1. The molecule has 4 nitrogen and oxygen atoms in total. The third kappa shape index (κ3) is 2.59. The third-order valence-electron chi connectivity index (χ3n) is 4.95. The van der Waals surface area contributed by atoms with Crippen LogP contribution < -0.4 is 5.32 Å². The summed E-state index contributed by atoms with van der Waals surface area (Å²) in [6, 6.07) is 12.6. The van der Waals surface area contributed by atoms with Gasteiger partial charge in [0.1, 0.15) is 0 Å². The Balaban J connectivity index is 2.01. The van der Waals surface area contributed by atoms with E-state index in [0.717, 1.165) is 5.56 Å². The van der Waals surface area contributed by atoms with E-state index >= 15 is 0 Å². The number of esters is 1. The Kier molecular flexibility index (Phi) is 4.33. The Hall–Kier alpha value is -2.56. The van der Waals surface area contributed by atoms with Gasteiger partial charge in [-0.05, 0) is 18.6 Å². The van der Waals surface area contributed by atoms with E-state index in [4.69, 9.17) is 27.9 Å². The number of ketones is 1. The molecule has 0 unspecified atom stereocenters. The fourth-order valence-electron chi connectivity index (χ4n) is 3.76. The van der Waals surface area contributed by atoms with Crippen LogP contribution in [0.15, 0.2) is 59.3 Å². The van der Waals surface area contributed by atoms with Crippen LogP contribution in [0.4, 0.5) is 0 Å². The number of dihydropyridines is 1. The highest BCUT2D eigenvalue weighted by atomic mass is 35.5. The summed E-state index contributed by atoms with van der Waals surface area (Å²) in [5.74, 6) is -1.32. The van der Waals surface area contributed by atoms with Gasteiger partial charge in [-0.25, -0.2) is 4.79 Å². The van der Waals surface area contributed by atoms with Crippen LogP contribution in [0.25, 0.3) is 5.70 Å². The summed E-state index contributed by atoms with van der Waals surface area (Å²) in [6.07, 6.45) is 0. The molecule has 1 aliphatic carbocycles. The second-order valence-electron chi connectivity index (χ2n) is 6.39. The van der Waals surface area contributed by atoms with Crippen molar-refractivity contribution in [3.05, 3.63) is 86.0 Å². The molecule has 0 bridgehead atoms. The lowest BCUT2D eigenvalue weighted by Crippen LogP contribution is -2.29. The Morgan fingerprint density at radius 3 is 2.48 bits per heavy atom. The summed E-state index contributed by atoms with van der Waals surface area (Å²) in [7, 11) is 1.31. The van der Waals surface area contributed by atoms with Gasteiger partial charge in [0.15, 0.2) is 5.78 Å². The normalized spacial score (nSPS) is 18.2. The predicted octanol–water partition coefficient (Wildman–Crippen LogP) is 4.73. The van der Waals surface area contributed by atoms with Crippen LogP contribution in [0.3, 0.4) is 0 Å². The van der Waals surface area contributed by atoms with E-state index < -0.39 is 11.9 Å². The number of allylic oxidation sites excluding steroid dienone is 2. The van der Waals surface area contributed by atoms with Gasteiger partial charge in [0, 0.05) is 22.4 Å². The van der Waals surface area contributed by atoms with Gasteiger partial charge in [-0.2, -0.15) is 0 Å². The SMILES string of the molecule is COC(=O)C1=C(C)NC2=C(C(=O)c3ccccc32)[C@H]1c1cccc(Cl)c1Cl. The number of benzene rings is 2. The summed E-state index contributed by atoms with van der Waals surface area (Å²) < 4.78 is 5.00. The molecule has 1 heterocycles. The number of hydrogen-bond acceptors (Lipinski definition) is 4. The van der Waals surface area contributed by atoms with Crippen LogP contribution in [-0.4, -0.2) is 18.9 Å². The molecule has 2 aliphatic rings. The lowest BCUT2D eigenvalue weighted by molar-refractivity contribution is -0.136. The molecule has 136 valence electrons. The first-order valence-electron chi connectivity index (χ1n) is 8.34. The minimum absolute atomic E-state index is 0.136. The molecule has 0 fully saturated rings. The highest BCUT2D eigenvalue weighted by Gasteiger charge is 2.43. The van der Waals surface area contributed by atoms with Crippen molar-refractivity contribution in [3.63, 3.8) is 0 Å². The minimum atomic E-state index is -0.667. The van der Waals surface area contributed by atoms with E-state index in [9.17, 15) is 9.59 Å². The molecule has 0 amide bonds. The molecule has 0 saturated heterocycles. The van der Waals surface area contributed by atoms with Gasteiger partial charge in [-0.15, -0.1) is 0 Å². The number of Topliss-reactive ketones (excluding diaryl/α,β-unsaturated/α-hetero) is 1. The zero-order valence-corrected chi connectivity index (χ0v) is 16.1. The number of carbonyl (C=O) groups excluding carboxylic acids is 2. The molecule has 2 aromatic rings. The Morgan fingerprint density at radius 2 is 1.78 bits per heavy atom. The van der Waals surface area contributed by atoms with Gasteiger partial charge < -0.3 is 10.1 Å². The molecule has 1 N–H and O–H groups in total. The van der Waals surface area contributed by atoms with Gasteiger partial charge in [0.25, 0.3) is 0 Å². The van der Waals surface area contributed by atoms with Crippen molar-refractivity contribution in [2.24, 2.45) is 0 Å². The zero-order chi connectivity index (χ0) is 19.3. The Bertz CT molecular complexity index is 1070. The van der Waals surface area contributed by atoms with Gasteiger partial charge in [-0.3, -0.25) is 4.79 Å². The van der Waals surface area contributed by atoms with Crippen molar-refractivity contribution in [1.29, 1.82) is 0 Å². The fourth-order valence-corrected chi connectivity index (χ4v) is 4.18. The molecular formula is C21H15Cl2NO3. The number of fused-ring (bicyclic) bond motifs is 2. The molecule has 1 atom stereocenters. The first kappa shape index (κ1) is 17.8. The predicted molar refractivity (Wildman–Crippen MR) is 105 cm³/mol. The standard InChI is InChI=1S/C21H15Cl2NO3/c1-10-15(21(26)27-2)16(13-8-5-9-14(22)18(13)23)17-19(24-10)11-6-3-4-7-12(11)20(17)25/h3-9,16,24H,1-2H3/t16-/m0/s1. The van der Waals surface area contributed by atoms with Crippen LogP contribution in [-0.2, 0) is 9.53 Å². The maximum atomic E-state index is 13.2. The largest absolute Gasteiger partial charge is 0.466 e. The number of halogens is 2. The number of carbonyl (C=O) groups is 2. The molecule has 0 saturated carbocycles. The quantitative estimate of drug-likeness (QED) is 0.741. The van der Waals surface area contributed by atoms with Gasteiger partial charge in [-0.1, -0.05) is 59.6 Å². The molecule has 0 radical (unpaired) electrons.